The third kappa shape index (κ3) is 2.68. The molecule has 1 aromatic carbocycles. The van der Waals surface area contributed by atoms with Crippen LogP contribution in [0.3, 0.4) is 0 Å². The number of aliphatic imine (C=N–C) groups is 1. The second-order valence-electron chi connectivity index (χ2n) is 2.04. The van der Waals surface area contributed by atoms with Gasteiger partial charge in [0.25, 0.3) is 0 Å². The lowest BCUT2D eigenvalue weighted by Gasteiger charge is -1.90. The van der Waals surface area contributed by atoms with Gasteiger partial charge in [-0.15, -0.1) is 0 Å². The number of hydrogen-bond donors (Lipinski definition) is 0. The zero-order valence-corrected chi connectivity index (χ0v) is 7.58. The van der Waals surface area contributed by atoms with Crippen molar-refractivity contribution in [3.05, 3.63) is 40.5 Å². The average molecular weight is 210 g/mol. The first-order valence-electron chi connectivity index (χ1n) is 3.22. The zero-order chi connectivity index (χ0) is 8.10. The van der Waals surface area contributed by atoms with Crippen molar-refractivity contribution in [2.24, 2.45) is 4.99 Å². The van der Waals surface area contributed by atoms with Gasteiger partial charge in [0, 0.05) is 0 Å². The van der Waals surface area contributed by atoms with Crippen molar-refractivity contribution in [1.29, 1.82) is 0 Å². The molecule has 0 aliphatic carbocycles. The fraction of sp³-hybridized carbons (Fsp3) is 0. The van der Waals surface area contributed by atoms with Crippen molar-refractivity contribution in [3.63, 3.8) is 0 Å². The Morgan fingerprint density at radius 3 is 2.55 bits per heavy atom. The lowest BCUT2D eigenvalue weighted by atomic mass is 10.2. The molecule has 0 N–H and O–H groups in total. The van der Waals surface area contributed by atoms with Crippen LogP contribution in [0.2, 0.25) is 0 Å². The summed E-state index contributed by atoms with van der Waals surface area (Å²) in [4.78, 5) is 3.71. The molecule has 0 unspecified atom stereocenters. The van der Waals surface area contributed by atoms with E-state index in [1.165, 1.54) is 0 Å². The number of nitrogens with zero attached hydrogens (tertiary/aromatic N) is 1. The molecule has 0 aliphatic rings. The minimum absolute atomic E-state index is 0.753. The molecule has 11 heavy (non-hydrogen) atoms. The van der Waals surface area contributed by atoms with Gasteiger partial charge in [-0.25, -0.2) is 0 Å². The molecule has 0 atom stereocenters. The molecule has 56 valence electrons. The van der Waals surface area contributed by atoms with E-state index < -0.39 is 0 Å². The van der Waals surface area contributed by atoms with E-state index in [0.29, 0.717) is 0 Å². The van der Waals surface area contributed by atoms with Crippen molar-refractivity contribution in [1.82, 2.24) is 0 Å². The summed E-state index contributed by atoms with van der Waals surface area (Å²) in [5.74, 6) is 0. The highest BCUT2D eigenvalue weighted by Gasteiger charge is 1.86. The Morgan fingerprint density at radius 1 is 1.36 bits per heavy atom. The maximum Gasteiger partial charge on any atom is 0.105 e. The van der Waals surface area contributed by atoms with E-state index in [9.17, 15) is 0 Å². The van der Waals surface area contributed by atoms with Crippen LogP contribution in [0.5, 0.6) is 0 Å². The van der Waals surface area contributed by atoms with Gasteiger partial charge in [0.2, 0.25) is 0 Å². The van der Waals surface area contributed by atoms with Gasteiger partial charge in [-0.3, -0.25) is 4.99 Å². The topological polar surface area (TPSA) is 12.4 Å². The number of hydrogen-bond acceptors (Lipinski definition) is 1. The molecular formula is C9H8BrN. The highest BCUT2D eigenvalue weighted by Crippen LogP contribution is 2.11. The highest BCUT2D eigenvalue weighted by molar-refractivity contribution is 9.11. The fourth-order valence-electron chi connectivity index (χ4n) is 0.732. The van der Waals surface area contributed by atoms with E-state index in [1.807, 2.05) is 36.4 Å². The van der Waals surface area contributed by atoms with Gasteiger partial charge >= 0.3 is 0 Å². The van der Waals surface area contributed by atoms with Crippen LogP contribution in [0.4, 0.5) is 0 Å². The highest BCUT2D eigenvalue weighted by atomic mass is 79.9. The monoisotopic (exact) mass is 209 g/mol. The van der Waals surface area contributed by atoms with Crippen LogP contribution in [0, 0.1) is 0 Å². The molecule has 0 fully saturated rings. The number of halogens is 1. The minimum Gasteiger partial charge on any atom is -0.257 e. The normalized spacial score (nSPS) is 11.2. The smallest absolute Gasteiger partial charge is 0.105 e. The lowest BCUT2D eigenvalue weighted by molar-refractivity contribution is 1.58. The molecule has 1 aromatic rings. The van der Waals surface area contributed by atoms with Crippen LogP contribution < -0.4 is 0 Å². The maximum absolute atomic E-state index is 3.71. The fourth-order valence-corrected chi connectivity index (χ4v) is 0.997. The first kappa shape index (κ1) is 8.21. The zero-order valence-electron chi connectivity index (χ0n) is 6.00. The van der Waals surface area contributed by atoms with Crippen molar-refractivity contribution in [3.8, 4) is 0 Å². The van der Waals surface area contributed by atoms with Gasteiger partial charge in [-0.05, 0) is 34.3 Å². The van der Waals surface area contributed by atoms with Crippen LogP contribution in [0.1, 0.15) is 5.56 Å². The molecule has 0 saturated heterocycles. The summed E-state index contributed by atoms with van der Waals surface area (Å²) in [5, 5.41) is 0. The van der Waals surface area contributed by atoms with Crippen LogP contribution in [0.15, 0.2) is 39.9 Å². The van der Waals surface area contributed by atoms with Gasteiger partial charge in [0.15, 0.2) is 0 Å². The predicted octanol–water partition coefficient (Wildman–Crippen LogP) is 3.08. The molecule has 0 heterocycles. The van der Waals surface area contributed by atoms with Crippen molar-refractivity contribution < 1.29 is 0 Å². The SMILES string of the molecule is C=N/C(Br)=C\c1ccccc1. The van der Waals surface area contributed by atoms with Gasteiger partial charge in [-0.1, -0.05) is 30.3 Å². The molecule has 0 spiro atoms. The van der Waals surface area contributed by atoms with E-state index in [1.54, 1.807) is 0 Å². The molecule has 0 radical (unpaired) electrons. The van der Waals surface area contributed by atoms with Crippen LogP contribution in [-0.4, -0.2) is 6.72 Å². The predicted molar refractivity (Wildman–Crippen MR) is 52.9 cm³/mol. The Labute approximate surface area is 74.6 Å². The van der Waals surface area contributed by atoms with Gasteiger partial charge in [-0.2, -0.15) is 0 Å². The van der Waals surface area contributed by atoms with E-state index in [4.69, 9.17) is 0 Å². The Balaban J connectivity index is 2.87. The molecule has 0 bridgehead atoms. The number of rotatable bonds is 2. The van der Waals surface area contributed by atoms with Crippen molar-refractivity contribution in [2.75, 3.05) is 0 Å². The maximum atomic E-state index is 3.71. The third-order valence-electron chi connectivity index (χ3n) is 1.24. The first-order valence-corrected chi connectivity index (χ1v) is 4.01. The summed E-state index contributed by atoms with van der Waals surface area (Å²) in [6.45, 7) is 3.39. The van der Waals surface area contributed by atoms with Crippen LogP contribution in [-0.2, 0) is 0 Å². The quantitative estimate of drug-likeness (QED) is 0.525. The summed E-state index contributed by atoms with van der Waals surface area (Å²) in [5.41, 5.74) is 1.12. The lowest BCUT2D eigenvalue weighted by Crippen LogP contribution is -1.69. The largest absolute Gasteiger partial charge is 0.257 e. The van der Waals surface area contributed by atoms with E-state index in [0.717, 1.165) is 10.2 Å². The second kappa shape index (κ2) is 4.09. The van der Waals surface area contributed by atoms with Crippen molar-refractivity contribution in [2.45, 2.75) is 0 Å². The second-order valence-corrected chi connectivity index (χ2v) is 2.85. The Kier molecular flexibility index (Phi) is 3.05. The summed E-state index contributed by atoms with van der Waals surface area (Å²) >= 11 is 3.25. The molecule has 0 amide bonds. The van der Waals surface area contributed by atoms with E-state index >= 15 is 0 Å². The molecule has 0 aromatic heterocycles. The Hall–Kier alpha value is -0.890. The standard InChI is InChI=1S/C9H8BrN/c1-11-9(10)7-8-5-3-2-4-6-8/h2-7H,1H2/b9-7-. The van der Waals surface area contributed by atoms with Gasteiger partial charge in [0.1, 0.15) is 4.61 Å². The van der Waals surface area contributed by atoms with Crippen LogP contribution >= 0.6 is 15.9 Å². The average Bonchev–Trinajstić information content (AvgIpc) is 2.06. The molecular weight excluding hydrogens is 202 g/mol. The molecule has 1 nitrogen and oxygen atoms in total. The molecule has 0 saturated carbocycles. The van der Waals surface area contributed by atoms with Gasteiger partial charge in [0.05, 0.1) is 0 Å². The third-order valence-corrected chi connectivity index (χ3v) is 1.72. The van der Waals surface area contributed by atoms with Gasteiger partial charge < -0.3 is 0 Å². The van der Waals surface area contributed by atoms with Crippen molar-refractivity contribution >= 4 is 28.7 Å². The first-order chi connectivity index (χ1) is 5.33. The van der Waals surface area contributed by atoms with E-state index in [2.05, 4.69) is 27.6 Å². The molecule has 1 rings (SSSR count). The van der Waals surface area contributed by atoms with Crippen LogP contribution in [0.25, 0.3) is 6.08 Å². The minimum atomic E-state index is 0.753. The Morgan fingerprint density at radius 2 is 2.00 bits per heavy atom. The summed E-state index contributed by atoms with van der Waals surface area (Å²) in [6.07, 6.45) is 1.91. The molecule has 0 aliphatic heterocycles. The summed E-state index contributed by atoms with van der Waals surface area (Å²) < 4.78 is 0.753. The van der Waals surface area contributed by atoms with E-state index in [-0.39, 0.29) is 0 Å². The summed E-state index contributed by atoms with van der Waals surface area (Å²) in [7, 11) is 0. The molecule has 2 heteroatoms. The Bertz CT molecular complexity index is 264. The number of benzene rings is 1. The summed E-state index contributed by atoms with van der Waals surface area (Å²) in [6, 6.07) is 9.95.